The first-order chi connectivity index (χ1) is 9.10. The zero-order valence-corrected chi connectivity index (χ0v) is 12.4. The summed E-state index contributed by atoms with van der Waals surface area (Å²) in [6, 6.07) is 2.25. The average molecular weight is 273 g/mol. The number of nitrogens with zero attached hydrogens (tertiary/aromatic N) is 3. The number of thioether (sulfide) groups is 1. The van der Waals surface area contributed by atoms with E-state index in [9.17, 15) is 0 Å². The van der Waals surface area contributed by atoms with Gasteiger partial charge < -0.3 is 0 Å². The Bertz CT molecular complexity index is 536. The number of aliphatic imine (C=N–C) groups is 2. The molecule has 0 aliphatic heterocycles. The van der Waals surface area contributed by atoms with Crippen molar-refractivity contribution in [2.75, 3.05) is 5.88 Å². The van der Waals surface area contributed by atoms with Gasteiger partial charge in [0.1, 0.15) is 0 Å². The molecule has 0 saturated carbocycles. The molecule has 0 N–H and O–H groups in total. The van der Waals surface area contributed by atoms with Crippen LogP contribution in [0.15, 0.2) is 34.5 Å². The minimum atomic E-state index is 0.132. The topological polar surface area (TPSA) is 37.6 Å². The predicted molar refractivity (Wildman–Crippen MR) is 84.5 cm³/mol. The van der Waals surface area contributed by atoms with E-state index in [4.69, 9.17) is 0 Å². The van der Waals surface area contributed by atoms with Gasteiger partial charge in [-0.25, -0.2) is 0 Å². The second-order valence-corrected chi connectivity index (χ2v) is 6.20. The van der Waals surface area contributed by atoms with Crippen molar-refractivity contribution in [2.24, 2.45) is 9.98 Å². The predicted octanol–water partition coefficient (Wildman–Crippen LogP) is 3.37. The minimum Gasteiger partial charge on any atom is -0.282 e. The zero-order valence-electron chi connectivity index (χ0n) is 11.6. The van der Waals surface area contributed by atoms with Gasteiger partial charge in [0.15, 0.2) is 0 Å². The van der Waals surface area contributed by atoms with Crippen molar-refractivity contribution in [2.45, 2.75) is 31.4 Å². The van der Waals surface area contributed by atoms with E-state index in [1.54, 1.807) is 18.5 Å². The lowest BCUT2D eigenvalue weighted by Crippen LogP contribution is -2.18. The molecule has 1 aromatic heterocycles. The van der Waals surface area contributed by atoms with Gasteiger partial charge in [0.25, 0.3) is 0 Å². The van der Waals surface area contributed by atoms with E-state index in [0.717, 1.165) is 5.88 Å². The van der Waals surface area contributed by atoms with Crippen molar-refractivity contribution in [1.29, 1.82) is 0 Å². The van der Waals surface area contributed by atoms with Crippen LogP contribution >= 0.6 is 11.8 Å². The van der Waals surface area contributed by atoms with Crippen molar-refractivity contribution in [3.8, 4) is 0 Å². The fourth-order valence-electron chi connectivity index (χ4n) is 2.19. The molecule has 3 nitrogen and oxygen atoms in total. The number of hydrogen-bond acceptors (Lipinski definition) is 4. The fourth-order valence-corrected chi connectivity index (χ4v) is 3.15. The van der Waals surface area contributed by atoms with Gasteiger partial charge in [-0.05, 0) is 37.8 Å². The van der Waals surface area contributed by atoms with Gasteiger partial charge in [-0.15, -0.1) is 11.8 Å². The second kappa shape index (κ2) is 5.70. The van der Waals surface area contributed by atoms with Crippen molar-refractivity contribution >= 4 is 24.7 Å². The second-order valence-electron chi connectivity index (χ2n) is 4.90. The lowest BCUT2D eigenvalue weighted by atomic mass is 10.0. The fraction of sp³-hybridized carbons (Fsp3) is 0.400. The third-order valence-electron chi connectivity index (χ3n) is 3.61. The highest BCUT2D eigenvalue weighted by Gasteiger charge is 2.52. The Balaban J connectivity index is 1.89. The van der Waals surface area contributed by atoms with Crippen LogP contribution in [0.1, 0.15) is 30.7 Å². The molecule has 19 heavy (non-hydrogen) atoms. The van der Waals surface area contributed by atoms with Gasteiger partial charge >= 0.3 is 0 Å². The number of fused-ring (bicyclic) bond motifs is 1. The average Bonchev–Trinajstić information content (AvgIpc) is 2.99. The lowest BCUT2D eigenvalue weighted by molar-refractivity contribution is 0.675. The molecule has 0 amide bonds. The molecule has 2 atom stereocenters. The first-order valence-electron chi connectivity index (χ1n) is 6.30. The molecule has 2 unspecified atom stereocenters. The van der Waals surface area contributed by atoms with E-state index in [2.05, 4.69) is 48.5 Å². The van der Waals surface area contributed by atoms with Gasteiger partial charge in [0.2, 0.25) is 0 Å². The smallest absolute Gasteiger partial charge is 0.0846 e. The molecule has 0 fully saturated rings. The molecule has 1 aliphatic rings. The molecular weight excluding hydrogens is 254 g/mol. The summed E-state index contributed by atoms with van der Waals surface area (Å²) >= 11 is 1.85. The highest BCUT2D eigenvalue weighted by Crippen LogP contribution is 2.54. The maximum absolute atomic E-state index is 4.53. The van der Waals surface area contributed by atoms with Gasteiger partial charge in [0.05, 0.1) is 11.6 Å². The number of aryl methyl sites for hydroxylation is 1. The van der Waals surface area contributed by atoms with Crippen LogP contribution in [-0.2, 0) is 5.41 Å². The van der Waals surface area contributed by atoms with Crippen LogP contribution in [-0.4, -0.2) is 29.0 Å². The summed E-state index contributed by atoms with van der Waals surface area (Å²) in [5.74, 6) is 0.755. The van der Waals surface area contributed by atoms with Crippen LogP contribution < -0.4 is 0 Å². The molecule has 1 aliphatic carbocycles. The number of hydrogen-bond donors (Lipinski definition) is 0. The molecule has 0 aromatic carbocycles. The maximum atomic E-state index is 4.53. The summed E-state index contributed by atoms with van der Waals surface area (Å²) in [4.78, 5) is 12.5. The van der Waals surface area contributed by atoms with Gasteiger partial charge in [0, 0.05) is 29.3 Å². The highest BCUT2D eigenvalue weighted by molar-refractivity contribution is 7.99. The third-order valence-corrected chi connectivity index (χ3v) is 4.88. The number of allylic oxidation sites excluding steroid dienone is 1. The van der Waals surface area contributed by atoms with Gasteiger partial charge in [-0.1, -0.05) is 13.0 Å². The molecule has 0 saturated heterocycles. The summed E-state index contributed by atoms with van der Waals surface area (Å²) in [5.41, 5.74) is 4.01. The SMILES string of the molecule is C=N/C=C\C=NCSC(C)C1(C)c2cc(C)cnc21. The standard InChI is InChI=1S/C15H19N3S/c1-11-8-13-14(18-9-11)15(13,3)12(2)19-10-17-7-5-6-16-4/h5-9,12H,4,10H2,1-3H3/b6-5-,17-7?. The van der Waals surface area contributed by atoms with Crippen molar-refractivity contribution in [3.05, 3.63) is 41.4 Å². The lowest BCUT2D eigenvalue weighted by Gasteiger charge is -2.17. The van der Waals surface area contributed by atoms with E-state index < -0.39 is 0 Å². The highest BCUT2D eigenvalue weighted by atomic mass is 32.2. The van der Waals surface area contributed by atoms with E-state index >= 15 is 0 Å². The largest absolute Gasteiger partial charge is 0.282 e. The van der Waals surface area contributed by atoms with Crippen LogP contribution in [0.5, 0.6) is 0 Å². The van der Waals surface area contributed by atoms with Crippen LogP contribution in [0.4, 0.5) is 0 Å². The summed E-state index contributed by atoms with van der Waals surface area (Å²) in [5, 5.41) is 0.482. The van der Waals surface area contributed by atoms with Crippen LogP contribution in [0, 0.1) is 6.92 Å². The van der Waals surface area contributed by atoms with E-state index in [-0.39, 0.29) is 5.41 Å². The quantitative estimate of drug-likeness (QED) is 0.745. The summed E-state index contributed by atoms with van der Waals surface area (Å²) in [6.45, 7) is 9.98. The Kier molecular flexibility index (Phi) is 4.20. The van der Waals surface area contributed by atoms with Gasteiger partial charge in [-0.2, -0.15) is 0 Å². The number of pyridine rings is 1. The first kappa shape index (κ1) is 14.0. The molecule has 0 bridgehead atoms. The molecule has 100 valence electrons. The summed E-state index contributed by atoms with van der Waals surface area (Å²) in [6.07, 6.45) is 7.13. The van der Waals surface area contributed by atoms with Crippen molar-refractivity contribution in [1.82, 2.24) is 4.98 Å². The Labute approximate surface area is 119 Å². The molecule has 2 rings (SSSR count). The summed E-state index contributed by atoms with van der Waals surface area (Å²) < 4.78 is 0. The van der Waals surface area contributed by atoms with Crippen LogP contribution in [0.3, 0.4) is 0 Å². The van der Waals surface area contributed by atoms with Crippen LogP contribution in [0.25, 0.3) is 0 Å². The van der Waals surface area contributed by atoms with E-state index in [1.807, 2.05) is 18.0 Å². The van der Waals surface area contributed by atoms with Crippen LogP contribution in [0.2, 0.25) is 0 Å². The molecule has 1 aromatic rings. The Morgan fingerprint density at radius 3 is 3.05 bits per heavy atom. The molecule has 4 heteroatoms. The minimum absolute atomic E-state index is 0.132. The van der Waals surface area contributed by atoms with Crippen molar-refractivity contribution < 1.29 is 0 Å². The number of aromatic nitrogens is 1. The zero-order chi connectivity index (χ0) is 13.9. The third kappa shape index (κ3) is 2.78. The Morgan fingerprint density at radius 2 is 2.37 bits per heavy atom. The number of rotatable bonds is 6. The first-order valence-corrected chi connectivity index (χ1v) is 7.35. The van der Waals surface area contributed by atoms with E-state index in [1.165, 1.54) is 16.8 Å². The van der Waals surface area contributed by atoms with E-state index in [0.29, 0.717) is 5.25 Å². The molecule has 1 heterocycles. The summed E-state index contributed by atoms with van der Waals surface area (Å²) in [7, 11) is 0. The molecule has 0 spiro atoms. The molecular formula is C15H19N3S. The monoisotopic (exact) mass is 273 g/mol. The maximum Gasteiger partial charge on any atom is 0.0846 e. The molecule has 0 radical (unpaired) electrons. The Morgan fingerprint density at radius 1 is 1.58 bits per heavy atom. The normalized spacial score (nSPS) is 22.7. The Hall–Kier alpha value is -1.42. The van der Waals surface area contributed by atoms with Gasteiger partial charge in [-0.3, -0.25) is 15.0 Å². The van der Waals surface area contributed by atoms with Crippen molar-refractivity contribution in [3.63, 3.8) is 0 Å².